The molecule has 0 spiro atoms. The molecule has 4 aromatic heterocycles. The molecular formula is C28H19N7O2. The number of nitriles is 1. The molecule has 2 aromatic carbocycles. The van der Waals surface area contributed by atoms with Gasteiger partial charge >= 0.3 is 5.63 Å². The van der Waals surface area contributed by atoms with Gasteiger partial charge in [-0.15, -0.1) is 0 Å². The van der Waals surface area contributed by atoms with Gasteiger partial charge in [-0.3, -0.25) is 4.98 Å². The summed E-state index contributed by atoms with van der Waals surface area (Å²) in [7, 11) is 0. The Bertz CT molecular complexity index is 1900. The highest BCUT2D eigenvalue weighted by Crippen LogP contribution is 2.38. The summed E-state index contributed by atoms with van der Waals surface area (Å²) in [5.41, 5.74) is 9.46. The molecule has 0 radical (unpaired) electrons. The van der Waals surface area contributed by atoms with E-state index in [1.165, 1.54) is 12.5 Å². The maximum atomic E-state index is 13.1. The van der Waals surface area contributed by atoms with E-state index < -0.39 is 11.7 Å². The monoisotopic (exact) mass is 485 g/mol. The smallest absolute Gasteiger partial charge is 0.343 e. The van der Waals surface area contributed by atoms with Gasteiger partial charge in [0.15, 0.2) is 5.65 Å². The van der Waals surface area contributed by atoms with Gasteiger partial charge in [0.1, 0.15) is 35.7 Å². The number of rotatable bonds is 4. The number of hydrogen-bond donors (Lipinski definition) is 1. The zero-order valence-corrected chi connectivity index (χ0v) is 19.7. The minimum atomic E-state index is -0.551. The van der Waals surface area contributed by atoms with Crippen molar-refractivity contribution in [3.63, 3.8) is 0 Å². The third-order valence-electron chi connectivity index (χ3n) is 6.33. The van der Waals surface area contributed by atoms with Gasteiger partial charge in [0.2, 0.25) is 0 Å². The van der Waals surface area contributed by atoms with Crippen LogP contribution in [0.2, 0.25) is 0 Å². The van der Waals surface area contributed by atoms with Crippen molar-refractivity contribution in [1.82, 2.24) is 24.7 Å². The number of nitrogens with zero attached hydrogens (tertiary/aromatic N) is 6. The molecule has 37 heavy (non-hydrogen) atoms. The highest BCUT2D eigenvalue weighted by Gasteiger charge is 2.26. The van der Waals surface area contributed by atoms with Crippen molar-refractivity contribution in [2.45, 2.75) is 13.0 Å². The fourth-order valence-electron chi connectivity index (χ4n) is 4.62. The molecule has 0 bridgehead atoms. The minimum Gasteiger partial charge on any atom is -0.424 e. The number of pyridine rings is 1. The Morgan fingerprint density at radius 3 is 2.54 bits per heavy atom. The zero-order valence-electron chi connectivity index (χ0n) is 19.7. The van der Waals surface area contributed by atoms with E-state index in [0.29, 0.717) is 39.0 Å². The van der Waals surface area contributed by atoms with Crippen LogP contribution < -0.4 is 11.4 Å². The van der Waals surface area contributed by atoms with E-state index in [1.54, 1.807) is 23.0 Å². The van der Waals surface area contributed by atoms with E-state index >= 15 is 0 Å². The number of nitrogens with two attached hydrogens (primary N) is 1. The number of anilines is 1. The first-order valence-electron chi connectivity index (χ1n) is 11.5. The van der Waals surface area contributed by atoms with E-state index in [-0.39, 0.29) is 5.82 Å². The Balaban J connectivity index is 1.64. The Morgan fingerprint density at radius 1 is 1.00 bits per heavy atom. The molecule has 0 aliphatic rings. The van der Waals surface area contributed by atoms with Gasteiger partial charge < -0.3 is 10.2 Å². The maximum absolute atomic E-state index is 13.1. The molecule has 6 aromatic rings. The standard InChI is InChI=1S/C28H19N7O2/c1-16(25-22(18-7-3-2-4-8-18)20-9-5-6-10-21(20)28(36)37-25)35-27-23(26(30)32-15-33-27)24(34-35)19-11-17(12-29)13-31-14-19/h2-11,13-16H,1H3,(H2,30,32,33). The number of aromatic nitrogens is 5. The molecule has 0 aliphatic heterocycles. The van der Waals surface area contributed by atoms with Gasteiger partial charge in [-0.1, -0.05) is 48.5 Å². The third kappa shape index (κ3) is 3.59. The maximum Gasteiger partial charge on any atom is 0.343 e. The van der Waals surface area contributed by atoms with Crippen molar-refractivity contribution >= 4 is 27.6 Å². The quantitative estimate of drug-likeness (QED) is 0.379. The van der Waals surface area contributed by atoms with E-state index in [4.69, 9.17) is 15.2 Å². The molecule has 9 heteroatoms. The van der Waals surface area contributed by atoms with Crippen molar-refractivity contribution in [3.8, 4) is 28.5 Å². The molecule has 6 rings (SSSR count). The van der Waals surface area contributed by atoms with E-state index in [9.17, 15) is 10.1 Å². The number of fused-ring (bicyclic) bond motifs is 2. The highest BCUT2D eigenvalue weighted by molar-refractivity contribution is 5.99. The predicted octanol–water partition coefficient (Wildman–Crippen LogP) is 4.72. The van der Waals surface area contributed by atoms with Crippen LogP contribution in [-0.2, 0) is 0 Å². The predicted molar refractivity (Wildman–Crippen MR) is 139 cm³/mol. The van der Waals surface area contributed by atoms with Gasteiger partial charge in [-0.05, 0) is 24.6 Å². The highest BCUT2D eigenvalue weighted by atomic mass is 16.4. The number of benzene rings is 2. The van der Waals surface area contributed by atoms with Gasteiger partial charge in [-0.25, -0.2) is 19.4 Å². The van der Waals surface area contributed by atoms with Gasteiger partial charge in [0.05, 0.1) is 16.3 Å². The molecule has 0 saturated carbocycles. The van der Waals surface area contributed by atoms with Crippen LogP contribution in [0.25, 0.3) is 44.2 Å². The second-order valence-corrected chi connectivity index (χ2v) is 8.54. The average molecular weight is 486 g/mol. The van der Waals surface area contributed by atoms with E-state index in [2.05, 4.69) is 21.0 Å². The summed E-state index contributed by atoms with van der Waals surface area (Å²) in [6.07, 6.45) is 4.45. The van der Waals surface area contributed by atoms with Gasteiger partial charge in [-0.2, -0.15) is 10.4 Å². The van der Waals surface area contributed by atoms with Crippen LogP contribution in [0.4, 0.5) is 5.82 Å². The van der Waals surface area contributed by atoms with Crippen molar-refractivity contribution in [2.24, 2.45) is 0 Å². The molecule has 0 saturated heterocycles. The van der Waals surface area contributed by atoms with Crippen LogP contribution in [0.3, 0.4) is 0 Å². The Morgan fingerprint density at radius 2 is 1.76 bits per heavy atom. The van der Waals surface area contributed by atoms with Crippen LogP contribution in [0.15, 0.2) is 88.6 Å². The first kappa shape index (κ1) is 22.1. The molecule has 0 fully saturated rings. The Hall–Kier alpha value is -5.36. The summed E-state index contributed by atoms with van der Waals surface area (Å²) >= 11 is 0. The molecule has 0 aliphatic carbocycles. The summed E-state index contributed by atoms with van der Waals surface area (Å²) in [6.45, 7) is 1.89. The lowest BCUT2D eigenvalue weighted by molar-refractivity contribution is 0.405. The molecule has 9 nitrogen and oxygen atoms in total. The third-order valence-corrected chi connectivity index (χ3v) is 6.33. The first-order valence-corrected chi connectivity index (χ1v) is 11.5. The van der Waals surface area contributed by atoms with Crippen LogP contribution in [0.1, 0.15) is 24.3 Å². The average Bonchev–Trinajstić information content (AvgIpc) is 3.34. The van der Waals surface area contributed by atoms with Gasteiger partial charge in [0.25, 0.3) is 0 Å². The van der Waals surface area contributed by atoms with Crippen molar-refractivity contribution in [3.05, 3.63) is 101 Å². The summed E-state index contributed by atoms with van der Waals surface area (Å²) in [6, 6.07) is 20.4. The SMILES string of the molecule is CC(c1oc(=O)c2ccccc2c1-c1ccccc1)n1nc(-c2cncc(C#N)c2)c2c(N)ncnc21. The molecule has 4 heterocycles. The van der Waals surface area contributed by atoms with E-state index in [0.717, 1.165) is 16.5 Å². The summed E-state index contributed by atoms with van der Waals surface area (Å²) in [4.78, 5) is 25.8. The van der Waals surface area contributed by atoms with Crippen molar-refractivity contribution < 1.29 is 4.42 Å². The van der Waals surface area contributed by atoms with Crippen LogP contribution in [0.5, 0.6) is 0 Å². The summed E-state index contributed by atoms with van der Waals surface area (Å²) in [5, 5.41) is 16.0. The summed E-state index contributed by atoms with van der Waals surface area (Å²) in [5.74, 6) is 0.677. The largest absolute Gasteiger partial charge is 0.424 e. The number of nitrogen functional groups attached to an aromatic ring is 1. The fourth-order valence-corrected chi connectivity index (χ4v) is 4.62. The molecule has 178 valence electrons. The molecule has 0 amide bonds. The van der Waals surface area contributed by atoms with E-state index in [1.807, 2.05) is 55.5 Å². The normalized spacial score (nSPS) is 12.0. The Kier molecular flexibility index (Phi) is 5.20. The fraction of sp³-hybridized carbons (Fsp3) is 0.0714. The Labute approximate surface area is 210 Å². The first-order chi connectivity index (χ1) is 18.1. The second kappa shape index (κ2) is 8.70. The number of hydrogen-bond acceptors (Lipinski definition) is 8. The lowest BCUT2D eigenvalue weighted by Crippen LogP contribution is -2.14. The lowest BCUT2D eigenvalue weighted by Gasteiger charge is -2.18. The minimum absolute atomic E-state index is 0.240. The van der Waals surface area contributed by atoms with Crippen LogP contribution in [-0.4, -0.2) is 24.7 Å². The van der Waals surface area contributed by atoms with Gasteiger partial charge in [0, 0.05) is 28.9 Å². The topological polar surface area (TPSA) is 137 Å². The molecule has 1 unspecified atom stereocenters. The zero-order chi connectivity index (χ0) is 25.5. The lowest BCUT2D eigenvalue weighted by atomic mass is 9.96. The summed E-state index contributed by atoms with van der Waals surface area (Å²) < 4.78 is 7.64. The van der Waals surface area contributed by atoms with Crippen molar-refractivity contribution in [2.75, 3.05) is 5.73 Å². The second-order valence-electron chi connectivity index (χ2n) is 8.54. The molecule has 1 atom stereocenters. The van der Waals surface area contributed by atoms with Crippen LogP contribution >= 0.6 is 0 Å². The molecular weight excluding hydrogens is 466 g/mol. The van der Waals surface area contributed by atoms with Crippen molar-refractivity contribution in [1.29, 1.82) is 5.26 Å². The molecule has 2 N–H and O–H groups in total. The van der Waals surface area contributed by atoms with Crippen LogP contribution in [0, 0.1) is 11.3 Å².